The highest BCUT2D eigenvalue weighted by atomic mass is 32.1. The number of methoxy groups -OCH3 is 2. The maximum absolute atomic E-state index is 13.9. The topological polar surface area (TPSA) is 57.8 Å². The van der Waals surface area contributed by atoms with Crippen molar-refractivity contribution in [2.24, 2.45) is 0 Å². The number of nitrogens with zero attached hydrogens (tertiary/aromatic N) is 2. The normalized spacial score (nSPS) is 19.2. The molecule has 2 aliphatic rings. The number of thiocarbonyl (C=S) groups is 1. The number of fused-ring (bicyclic) bond motifs is 4. The minimum Gasteiger partial charge on any atom is -0.497 e. The third-order valence-electron chi connectivity index (χ3n) is 7.04. The Bertz CT molecular complexity index is 1480. The van der Waals surface area contributed by atoms with E-state index >= 15 is 0 Å². The molecule has 0 bridgehead atoms. The highest BCUT2D eigenvalue weighted by molar-refractivity contribution is 7.80. The lowest BCUT2D eigenvalue weighted by atomic mass is 9.88. The van der Waals surface area contributed by atoms with Gasteiger partial charge in [-0.05, 0) is 66.7 Å². The fourth-order valence-corrected chi connectivity index (χ4v) is 5.78. The summed E-state index contributed by atoms with van der Waals surface area (Å²) in [6.45, 7) is 2.09. The van der Waals surface area contributed by atoms with Gasteiger partial charge in [-0.3, -0.25) is 9.69 Å². The summed E-state index contributed by atoms with van der Waals surface area (Å²) in [6.07, 6.45) is 0.588. The number of hydrogen-bond donors (Lipinski definition) is 1. The molecule has 1 amide bonds. The largest absolute Gasteiger partial charge is 0.497 e. The van der Waals surface area contributed by atoms with E-state index in [1.54, 1.807) is 19.1 Å². The van der Waals surface area contributed by atoms with Gasteiger partial charge in [0.05, 0.1) is 25.9 Å². The zero-order chi connectivity index (χ0) is 24.3. The van der Waals surface area contributed by atoms with Gasteiger partial charge in [0.2, 0.25) is 0 Å². The number of aromatic amines is 1. The number of amides is 1. The molecule has 2 aliphatic heterocycles. The zero-order valence-corrected chi connectivity index (χ0v) is 20.6. The first-order valence-corrected chi connectivity index (χ1v) is 12.0. The van der Waals surface area contributed by atoms with Gasteiger partial charge in [-0.25, -0.2) is 0 Å². The molecular weight excluding hydrogens is 458 g/mol. The quantitative estimate of drug-likeness (QED) is 0.407. The molecule has 3 heterocycles. The van der Waals surface area contributed by atoms with Crippen LogP contribution in [0.4, 0.5) is 5.69 Å². The predicted molar refractivity (Wildman–Crippen MR) is 140 cm³/mol. The predicted octanol–water partition coefficient (Wildman–Crippen LogP) is 5.14. The Morgan fingerprint density at radius 1 is 0.971 bits per heavy atom. The molecule has 7 heteroatoms. The van der Waals surface area contributed by atoms with Gasteiger partial charge < -0.3 is 19.4 Å². The molecule has 0 saturated carbocycles. The Kier molecular flexibility index (Phi) is 5.04. The SMILES string of the molecule is COc1ccc(C2c3[nH]c4ccc(C)cc4c3CC3C(=O)N(c4cccc(OC)c4)C(=S)N32)cc1. The average molecular weight is 484 g/mol. The van der Waals surface area contributed by atoms with E-state index in [-0.39, 0.29) is 11.9 Å². The van der Waals surface area contributed by atoms with Crippen LogP contribution in [0.2, 0.25) is 0 Å². The summed E-state index contributed by atoms with van der Waals surface area (Å²) >= 11 is 5.98. The smallest absolute Gasteiger partial charge is 0.256 e. The van der Waals surface area contributed by atoms with Crippen molar-refractivity contribution in [1.82, 2.24) is 9.88 Å². The summed E-state index contributed by atoms with van der Waals surface area (Å²) in [7, 11) is 3.27. The van der Waals surface area contributed by atoms with E-state index in [0.29, 0.717) is 23.0 Å². The lowest BCUT2D eigenvalue weighted by Crippen LogP contribution is -2.44. The fourth-order valence-electron chi connectivity index (χ4n) is 5.36. The molecule has 0 spiro atoms. The Balaban J connectivity index is 1.53. The number of nitrogens with one attached hydrogen (secondary N) is 1. The van der Waals surface area contributed by atoms with Crippen molar-refractivity contribution in [1.29, 1.82) is 0 Å². The van der Waals surface area contributed by atoms with E-state index in [0.717, 1.165) is 27.9 Å². The molecule has 2 unspecified atom stereocenters. The maximum Gasteiger partial charge on any atom is 0.256 e. The maximum atomic E-state index is 13.9. The molecule has 1 fully saturated rings. The second kappa shape index (κ2) is 8.13. The van der Waals surface area contributed by atoms with Gasteiger partial charge in [0.1, 0.15) is 17.5 Å². The van der Waals surface area contributed by atoms with Gasteiger partial charge >= 0.3 is 0 Å². The average Bonchev–Trinajstić information content (AvgIpc) is 3.36. The van der Waals surface area contributed by atoms with E-state index in [1.165, 1.54) is 11.1 Å². The molecule has 3 aromatic carbocycles. The highest BCUT2D eigenvalue weighted by Crippen LogP contribution is 2.45. The van der Waals surface area contributed by atoms with Crippen LogP contribution in [-0.4, -0.2) is 41.2 Å². The molecule has 176 valence electrons. The lowest BCUT2D eigenvalue weighted by molar-refractivity contribution is -0.120. The van der Waals surface area contributed by atoms with Crippen molar-refractivity contribution in [3.05, 3.63) is 89.1 Å². The van der Waals surface area contributed by atoms with Crippen molar-refractivity contribution in [2.45, 2.75) is 25.4 Å². The van der Waals surface area contributed by atoms with E-state index < -0.39 is 6.04 Å². The van der Waals surface area contributed by atoms with Gasteiger partial charge in [0, 0.05) is 29.1 Å². The number of hydrogen-bond acceptors (Lipinski definition) is 4. The summed E-state index contributed by atoms with van der Waals surface area (Å²) < 4.78 is 10.8. The summed E-state index contributed by atoms with van der Waals surface area (Å²) in [5.41, 5.74) is 6.27. The van der Waals surface area contributed by atoms with Crippen LogP contribution in [0.5, 0.6) is 11.5 Å². The van der Waals surface area contributed by atoms with Crippen molar-refractivity contribution in [3.8, 4) is 11.5 Å². The van der Waals surface area contributed by atoms with Gasteiger partial charge in [0.15, 0.2) is 5.11 Å². The van der Waals surface area contributed by atoms with Crippen LogP contribution in [0.3, 0.4) is 0 Å². The second-order valence-corrected chi connectivity index (χ2v) is 9.39. The summed E-state index contributed by atoms with van der Waals surface area (Å²) in [4.78, 5) is 21.3. The van der Waals surface area contributed by atoms with Crippen LogP contribution in [-0.2, 0) is 11.2 Å². The van der Waals surface area contributed by atoms with Gasteiger partial charge in [-0.15, -0.1) is 0 Å². The van der Waals surface area contributed by atoms with Crippen molar-refractivity contribution < 1.29 is 14.3 Å². The number of anilines is 1. The molecule has 1 saturated heterocycles. The number of ether oxygens (including phenoxy) is 2. The standard InChI is InChI=1S/C28H25N3O3S/c1-16-7-12-23-21(13-16)22-15-24-27(32)30(18-5-4-6-20(14-18)34-3)28(35)31(24)26(25(22)29-23)17-8-10-19(33-2)11-9-17/h4-14,24,26,29H,15H2,1-3H3. The Hall–Kier alpha value is -3.84. The van der Waals surface area contributed by atoms with Crippen LogP contribution in [0, 0.1) is 6.92 Å². The van der Waals surface area contributed by atoms with Gasteiger partial charge in [-0.2, -0.15) is 0 Å². The van der Waals surface area contributed by atoms with Crippen molar-refractivity contribution >= 4 is 39.8 Å². The lowest BCUT2D eigenvalue weighted by Gasteiger charge is -2.37. The summed E-state index contributed by atoms with van der Waals surface area (Å²) in [5.74, 6) is 1.45. The van der Waals surface area contributed by atoms with E-state index in [1.807, 2.05) is 48.5 Å². The first kappa shape index (κ1) is 21.7. The fraction of sp³-hybridized carbons (Fsp3) is 0.214. The minimum atomic E-state index is -0.396. The number of H-pyrrole nitrogens is 1. The number of rotatable bonds is 4. The highest BCUT2D eigenvalue weighted by Gasteiger charge is 2.51. The molecule has 1 N–H and O–H groups in total. The Morgan fingerprint density at radius 3 is 2.49 bits per heavy atom. The van der Waals surface area contributed by atoms with Crippen molar-refractivity contribution in [3.63, 3.8) is 0 Å². The van der Waals surface area contributed by atoms with Crippen LogP contribution in [0.25, 0.3) is 10.9 Å². The third-order valence-corrected chi connectivity index (χ3v) is 7.43. The molecule has 35 heavy (non-hydrogen) atoms. The molecule has 0 radical (unpaired) electrons. The van der Waals surface area contributed by atoms with Crippen LogP contribution in [0.15, 0.2) is 66.7 Å². The first-order chi connectivity index (χ1) is 17.0. The second-order valence-electron chi connectivity index (χ2n) is 9.03. The molecule has 2 atom stereocenters. The number of aryl methyl sites for hydroxylation is 1. The molecule has 1 aromatic heterocycles. The number of benzene rings is 3. The van der Waals surface area contributed by atoms with Crippen LogP contribution >= 0.6 is 12.2 Å². The molecule has 6 rings (SSSR count). The summed E-state index contributed by atoms with van der Waals surface area (Å²) in [6, 6.07) is 21.3. The van der Waals surface area contributed by atoms with Gasteiger partial charge in [0.25, 0.3) is 5.91 Å². The van der Waals surface area contributed by atoms with E-state index in [9.17, 15) is 4.79 Å². The first-order valence-electron chi connectivity index (χ1n) is 11.6. The Morgan fingerprint density at radius 2 is 1.74 bits per heavy atom. The van der Waals surface area contributed by atoms with Gasteiger partial charge in [-0.1, -0.05) is 29.8 Å². The minimum absolute atomic E-state index is 0.0191. The Labute approximate surface area is 209 Å². The monoisotopic (exact) mass is 483 g/mol. The molecule has 0 aliphatic carbocycles. The molecule has 4 aromatic rings. The van der Waals surface area contributed by atoms with Crippen LogP contribution < -0.4 is 14.4 Å². The zero-order valence-electron chi connectivity index (χ0n) is 19.7. The third kappa shape index (κ3) is 3.30. The number of carbonyl (C=O) groups excluding carboxylic acids is 1. The number of aromatic nitrogens is 1. The molecular formula is C28H25N3O3S. The van der Waals surface area contributed by atoms with E-state index in [2.05, 4.69) is 35.0 Å². The molecule has 6 nitrogen and oxygen atoms in total. The van der Waals surface area contributed by atoms with Crippen molar-refractivity contribution in [2.75, 3.05) is 19.1 Å². The summed E-state index contributed by atoms with van der Waals surface area (Å²) in [5, 5.41) is 1.66. The number of carbonyl (C=O) groups is 1. The van der Waals surface area contributed by atoms with Crippen LogP contribution in [0.1, 0.15) is 28.4 Å². The van der Waals surface area contributed by atoms with E-state index in [4.69, 9.17) is 21.7 Å².